The molecule has 7 rings (SSSR count). The van der Waals surface area contributed by atoms with Crippen molar-refractivity contribution in [1.82, 2.24) is 15.0 Å². The summed E-state index contributed by atoms with van der Waals surface area (Å²) in [7, 11) is 0. The molecule has 32 heavy (non-hydrogen) atoms. The topological polar surface area (TPSA) is 76.1 Å². The largest absolute Gasteiger partial charge is 0.274 e. The Morgan fingerprint density at radius 1 is 0.781 bits per heavy atom. The van der Waals surface area contributed by atoms with E-state index in [1.54, 1.807) is 12.4 Å². The van der Waals surface area contributed by atoms with Crippen molar-refractivity contribution < 1.29 is 9.59 Å². The predicted octanol–water partition coefficient (Wildman–Crippen LogP) is 4.16. The van der Waals surface area contributed by atoms with E-state index in [0.29, 0.717) is 11.5 Å². The molecular formula is C26H18N4O2. The SMILES string of the molecule is O=C1[C@H]2[C@@H]3C=CC(C3)[C@H]2C(=O)N1c1ccc(-c2ncc3ccc4cccnc4c3n2)cc1. The normalized spacial score (nSPS) is 25.9. The van der Waals surface area contributed by atoms with E-state index in [9.17, 15) is 9.59 Å². The van der Waals surface area contributed by atoms with Crippen molar-refractivity contribution in [3.05, 3.63) is 73.1 Å². The number of amides is 2. The number of pyridine rings is 1. The fourth-order valence-corrected chi connectivity index (χ4v) is 5.69. The Bertz CT molecular complexity index is 1450. The highest BCUT2D eigenvalue weighted by Crippen LogP contribution is 2.53. The van der Waals surface area contributed by atoms with Crippen molar-refractivity contribution in [3.63, 3.8) is 0 Å². The number of rotatable bonds is 2. The van der Waals surface area contributed by atoms with Gasteiger partial charge >= 0.3 is 0 Å². The van der Waals surface area contributed by atoms with Gasteiger partial charge in [-0.2, -0.15) is 0 Å². The van der Waals surface area contributed by atoms with E-state index in [4.69, 9.17) is 4.98 Å². The zero-order valence-electron chi connectivity index (χ0n) is 17.1. The molecule has 0 radical (unpaired) electrons. The summed E-state index contributed by atoms with van der Waals surface area (Å²) < 4.78 is 0. The monoisotopic (exact) mass is 418 g/mol. The number of nitrogens with zero attached hydrogens (tertiary/aromatic N) is 4. The van der Waals surface area contributed by atoms with Gasteiger partial charge in [-0.05, 0) is 48.6 Å². The summed E-state index contributed by atoms with van der Waals surface area (Å²) in [6.45, 7) is 0. The third-order valence-electron chi connectivity index (χ3n) is 7.18. The van der Waals surface area contributed by atoms with E-state index in [1.165, 1.54) is 4.90 Å². The van der Waals surface area contributed by atoms with Crippen molar-refractivity contribution in [2.45, 2.75) is 6.42 Å². The maximum absolute atomic E-state index is 13.1. The van der Waals surface area contributed by atoms with Crippen molar-refractivity contribution in [3.8, 4) is 11.4 Å². The van der Waals surface area contributed by atoms with E-state index in [1.807, 2.05) is 48.5 Å². The van der Waals surface area contributed by atoms with Gasteiger partial charge in [0, 0.05) is 28.7 Å². The van der Waals surface area contributed by atoms with Crippen LogP contribution in [0, 0.1) is 23.7 Å². The molecule has 1 saturated heterocycles. The first-order valence-corrected chi connectivity index (χ1v) is 10.9. The molecule has 3 heterocycles. The number of fused-ring (bicyclic) bond motifs is 8. The summed E-state index contributed by atoms with van der Waals surface area (Å²) in [5.41, 5.74) is 3.08. The number of benzene rings is 2. The molecule has 2 bridgehead atoms. The Morgan fingerprint density at radius 3 is 2.25 bits per heavy atom. The van der Waals surface area contributed by atoms with Crippen molar-refractivity contribution in [1.29, 1.82) is 0 Å². The van der Waals surface area contributed by atoms with Gasteiger partial charge in [0.1, 0.15) is 5.52 Å². The number of aromatic nitrogens is 3. The molecule has 2 aromatic carbocycles. The van der Waals surface area contributed by atoms with Crippen LogP contribution >= 0.6 is 0 Å². The van der Waals surface area contributed by atoms with Gasteiger partial charge in [0.15, 0.2) is 5.82 Å². The molecule has 0 spiro atoms. The zero-order valence-corrected chi connectivity index (χ0v) is 17.1. The standard InChI is InChI=1S/C26H18N4O2/c31-25-20-16-4-5-17(12-16)21(20)26(32)30(25)19-9-7-15(8-10-19)24-28-13-18-6-3-14-2-1-11-27-22(14)23(18)29-24/h1-11,13,16-17,20-21H,12H2/t16-,17?,20+,21-/m1/s1. The number of hydrogen-bond donors (Lipinski definition) is 0. The molecule has 2 aliphatic carbocycles. The highest BCUT2D eigenvalue weighted by molar-refractivity contribution is 6.22. The van der Waals surface area contributed by atoms with Crippen LogP contribution in [-0.4, -0.2) is 26.8 Å². The molecule has 0 N–H and O–H groups in total. The van der Waals surface area contributed by atoms with Gasteiger partial charge in [-0.3, -0.25) is 19.5 Å². The molecule has 2 aromatic heterocycles. The lowest BCUT2D eigenvalue weighted by molar-refractivity contribution is -0.123. The average Bonchev–Trinajstić information content (AvgIpc) is 3.52. The second-order valence-corrected chi connectivity index (χ2v) is 8.83. The Hall–Kier alpha value is -3.93. The van der Waals surface area contributed by atoms with E-state index in [2.05, 4.69) is 22.1 Å². The lowest BCUT2D eigenvalue weighted by Crippen LogP contribution is -2.32. The second-order valence-electron chi connectivity index (χ2n) is 8.83. The molecule has 1 unspecified atom stereocenters. The van der Waals surface area contributed by atoms with Crippen LogP contribution in [0.2, 0.25) is 0 Å². The van der Waals surface area contributed by atoms with Crippen LogP contribution in [0.5, 0.6) is 0 Å². The van der Waals surface area contributed by atoms with Gasteiger partial charge in [0.05, 0.1) is 23.0 Å². The first-order chi connectivity index (χ1) is 15.7. The van der Waals surface area contributed by atoms with Gasteiger partial charge in [0.2, 0.25) is 11.8 Å². The van der Waals surface area contributed by atoms with E-state index < -0.39 is 0 Å². The first-order valence-electron chi connectivity index (χ1n) is 10.9. The summed E-state index contributed by atoms with van der Waals surface area (Å²) in [5, 5.41) is 1.96. The maximum Gasteiger partial charge on any atom is 0.238 e. The molecule has 1 saturated carbocycles. The summed E-state index contributed by atoms with van der Waals surface area (Å²) in [6.07, 6.45) is 8.72. The first kappa shape index (κ1) is 17.7. The van der Waals surface area contributed by atoms with Crippen molar-refractivity contribution in [2.24, 2.45) is 23.7 Å². The van der Waals surface area contributed by atoms with E-state index in [0.717, 1.165) is 33.8 Å². The number of anilines is 1. The van der Waals surface area contributed by atoms with E-state index >= 15 is 0 Å². The fraction of sp³-hybridized carbons (Fsp3) is 0.192. The lowest BCUT2D eigenvalue weighted by Gasteiger charge is -2.17. The molecule has 4 aromatic rings. The van der Waals surface area contributed by atoms with Crippen LogP contribution in [-0.2, 0) is 9.59 Å². The van der Waals surface area contributed by atoms with Crippen LogP contribution < -0.4 is 4.90 Å². The maximum atomic E-state index is 13.1. The Morgan fingerprint density at radius 2 is 1.50 bits per heavy atom. The quantitative estimate of drug-likeness (QED) is 0.278. The summed E-state index contributed by atoms with van der Waals surface area (Å²) in [5.74, 6) is 0.484. The molecule has 6 heteroatoms. The predicted molar refractivity (Wildman–Crippen MR) is 120 cm³/mol. The minimum absolute atomic E-state index is 0.0656. The van der Waals surface area contributed by atoms with Gasteiger partial charge in [-0.1, -0.05) is 30.4 Å². The summed E-state index contributed by atoms with van der Waals surface area (Å²) >= 11 is 0. The third kappa shape index (κ3) is 2.32. The summed E-state index contributed by atoms with van der Waals surface area (Å²) in [6, 6.07) is 15.3. The highest BCUT2D eigenvalue weighted by atomic mass is 16.2. The van der Waals surface area contributed by atoms with Crippen LogP contribution in [0.25, 0.3) is 33.2 Å². The minimum atomic E-state index is -0.193. The Kier molecular flexibility index (Phi) is 3.48. The van der Waals surface area contributed by atoms with Crippen molar-refractivity contribution in [2.75, 3.05) is 4.90 Å². The molecule has 6 nitrogen and oxygen atoms in total. The number of carbonyl (C=O) groups excluding carboxylic acids is 2. The van der Waals surface area contributed by atoms with Crippen LogP contribution in [0.3, 0.4) is 0 Å². The molecule has 3 aliphatic rings. The van der Waals surface area contributed by atoms with Crippen LogP contribution in [0.4, 0.5) is 5.69 Å². The van der Waals surface area contributed by atoms with E-state index in [-0.39, 0.29) is 35.5 Å². The van der Waals surface area contributed by atoms with Gasteiger partial charge in [0.25, 0.3) is 0 Å². The van der Waals surface area contributed by atoms with Gasteiger partial charge in [-0.25, -0.2) is 9.97 Å². The molecule has 2 fully saturated rings. The highest BCUT2D eigenvalue weighted by Gasteiger charge is 2.59. The Balaban J connectivity index is 1.25. The second kappa shape index (κ2) is 6.29. The van der Waals surface area contributed by atoms with Crippen molar-refractivity contribution >= 4 is 39.3 Å². The molecular weight excluding hydrogens is 400 g/mol. The van der Waals surface area contributed by atoms with Gasteiger partial charge < -0.3 is 0 Å². The number of hydrogen-bond acceptors (Lipinski definition) is 5. The number of allylic oxidation sites excluding steroid dienone is 2. The number of carbonyl (C=O) groups is 2. The third-order valence-corrected chi connectivity index (χ3v) is 7.18. The Labute approximate surface area is 183 Å². The average molecular weight is 418 g/mol. The number of imide groups is 1. The van der Waals surface area contributed by atoms with Gasteiger partial charge in [-0.15, -0.1) is 0 Å². The van der Waals surface area contributed by atoms with Crippen LogP contribution in [0.15, 0.2) is 73.1 Å². The fourth-order valence-electron chi connectivity index (χ4n) is 5.69. The smallest absolute Gasteiger partial charge is 0.238 e. The van der Waals surface area contributed by atoms with Crippen LogP contribution in [0.1, 0.15) is 6.42 Å². The molecule has 154 valence electrons. The zero-order chi connectivity index (χ0) is 21.4. The lowest BCUT2D eigenvalue weighted by atomic mass is 9.85. The molecule has 1 aliphatic heterocycles. The minimum Gasteiger partial charge on any atom is -0.274 e. The molecule has 4 atom stereocenters. The summed E-state index contributed by atoms with van der Waals surface area (Å²) in [4.78, 5) is 41.3. The molecule has 2 amide bonds.